The fourth-order valence-corrected chi connectivity index (χ4v) is 3.90. The van der Waals surface area contributed by atoms with Gasteiger partial charge in [-0.25, -0.2) is 9.97 Å². The van der Waals surface area contributed by atoms with E-state index in [4.69, 9.17) is 15.0 Å². The first-order valence-corrected chi connectivity index (χ1v) is 10.0. The molecule has 1 fully saturated rings. The smallest absolute Gasteiger partial charge is 0.133 e. The minimum atomic E-state index is 0.660. The Hall–Kier alpha value is -2.88. The van der Waals surface area contributed by atoms with Crippen LogP contribution in [0.2, 0.25) is 0 Å². The molecule has 2 aromatic carbocycles. The van der Waals surface area contributed by atoms with Gasteiger partial charge in [-0.1, -0.05) is 23.9 Å². The van der Waals surface area contributed by atoms with Gasteiger partial charge in [0, 0.05) is 36.3 Å². The van der Waals surface area contributed by atoms with E-state index in [0.29, 0.717) is 12.0 Å². The van der Waals surface area contributed by atoms with E-state index >= 15 is 0 Å². The molecular weight excluding hydrogens is 368 g/mol. The molecule has 3 aromatic rings. The molecular formula is C22H20N4OS. The average Bonchev–Trinajstić information content (AvgIpc) is 2.75. The Balaban J connectivity index is 1.46. The fourth-order valence-electron chi connectivity index (χ4n) is 3.11. The van der Waals surface area contributed by atoms with Crippen LogP contribution in [-0.4, -0.2) is 36.3 Å². The third kappa shape index (κ3) is 4.69. The van der Waals surface area contributed by atoms with Crippen molar-refractivity contribution in [2.24, 2.45) is 0 Å². The molecule has 6 heteroatoms. The maximum atomic E-state index is 8.91. The monoisotopic (exact) mass is 388 g/mol. The molecule has 1 saturated heterocycles. The molecule has 0 spiro atoms. The quantitative estimate of drug-likeness (QED) is 0.617. The third-order valence-corrected chi connectivity index (χ3v) is 5.48. The van der Waals surface area contributed by atoms with Crippen molar-refractivity contribution in [3.8, 4) is 6.07 Å². The Labute approximate surface area is 169 Å². The molecule has 140 valence electrons. The van der Waals surface area contributed by atoms with Crippen LogP contribution in [0.4, 0.5) is 5.69 Å². The van der Waals surface area contributed by atoms with Gasteiger partial charge in [-0.2, -0.15) is 5.26 Å². The van der Waals surface area contributed by atoms with Gasteiger partial charge in [0.1, 0.15) is 10.9 Å². The van der Waals surface area contributed by atoms with Crippen molar-refractivity contribution in [1.82, 2.24) is 9.97 Å². The number of nitrogens with zero attached hydrogens (tertiary/aromatic N) is 4. The minimum absolute atomic E-state index is 0.660. The van der Waals surface area contributed by atoms with Crippen LogP contribution in [0.25, 0.3) is 0 Å². The van der Waals surface area contributed by atoms with Crippen molar-refractivity contribution in [2.75, 3.05) is 31.2 Å². The Kier molecular flexibility index (Phi) is 5.86. The molecule has 0 N–H and O–H groups in total. The molecule has 0 amide bonds. The predicted octanol–water partition coefficient (Wildman–Crippen LogP) is 3.93. The second-order valence-corrected chi connectivity index (χ2v) is 7.59. The summed E-state index contributed by atoms with van der Waals surface area (Å²) in [6.45, 7) is 3.41. The van der Waals surface area contributed by atoms with Crippen molar-refractivity contribution in [3.63, 3.8) is 0 Å². The molecule has 0 saturated carbocycles. The zero-order chi connectivity index (χ0) is 19.2. The number of aromatic nitrogens is 2. The van der Waals surface area contributed by atoms with E-state index in [1.54, 1.807) is 18.0 Å². The summed E-state index contributed by atoms with van der Waals surface area (Å²) in [6.07, 6.45) is 2.50. The SMILES string of the molecule is N#Cc1ccc(Sc2ccnc(Cc3cccc(N4CCOCC4)c3)n2)cc1. The van der Waals surface area contributed by atoms with E-state index in [1.807, 2.05) is 30.3 Å². The molecule has 1 aliphatic heterocycles. The highest BCUT2D eigenvalue weighted by atomic mass is 32.2. The number of anilines is 1. The van der Waals surface area contributed by atoms with Crippen LogP contribution in [0.15, 0.2) is 70.7 Å². The molecule has 0 bridgehead atoms. The molecule has 4 rings (SSSR count). The van der Waals surface area contributed by atoms with E-state index in [9.17, 15) is 0 Å². The molecule has 0 radical (unpaired) electrons. The number of nitriles is 1. The van der Waals surface area contributed by atoms with Crippen LogP contribution in [0, 0.1) is 11.3 Å². The molecule has 0 unspecified atom stereocenters. The normalized spacial score (nSPS) is 13.9. The number of ether oxygens (including phenoxy) is 1. The molecule has 0 aliphatic carbocycles. The summed E-state index contributed by atoms with van der Waals surface area (Å²) in [7, 11) is 0. The number of morpholine rings is 1. The van der Waals surface area contributed by atoms with E-state index in [-0.39, 0.29) is 0 Å². The number of rotatable bonds is 5. The Morgan fingerprint density at radius 1 is 1.07 bits per heavy atom. The summed E-state index contributed by atoms with van der Waals surface area (Å²) in [5.74, 6) is 0.803. The van der Waals surface area contributed by atoms with E-state index in [1.165, 1.54) is 11.3 Å². The summed E-state index contributed by atoms with van der Waals surface area (Å²) in [4.78, 5) is 12.6. The van der Waals surface area contributed by atoms with E-state index < -0.39 is 0 Å². The van der Waals surface area contributed by atoms with Crippen molar-refractivity contribution >= 4 is 17.4 Å². The fraction of sp³-hybridized carbons (Fsp3) is 0.227. The lowest BCUT2D eigenvalue weighted by molar-refractivity contribution is 0.122. The van der Waals surface area contributed by atoms with Crippen LogP contribution in [0.5, 0.6) is 0 Å². The zero-order valence-electron chi connectivity index (χ0n) is 15.4. The molecule has 28 heavy (non-hydrogen) atoms. The molecule has 5 nitrogen and oxygen atoms in total. The first-order valence-electron chi connectivity index (χ1n) is 9.22. The summed E-state index contributed by atoms with van der Waals surface area (Å²) in [5, 5.41) is 9.81. The molecule has 0 atom stereocenters. The summed E-state index contributed by atoms with van der Waals surface area (Å²) in [5.41, 5.74) is 3.08. The average molecular weight is 388 g/mol. The first kappa shape index (κ1) is 18.5. The molecule has 2 heterocycles. The van der Waals surface area contributed by atoms with Crippen molar-refractivity contribution < 1.29 is 4.74 Å². The van der Waals surface area contributed by atoms with Crippen molar-refractivity contribution in [1.29, 1.82) is 5.26 Å². The lowest BCUT2D eigenvalue weighted by atomic mass is 10.1. The van der Waals surface area contributed by atoms with E-state index in [2.05, 4.69) is 40.2 Å². The topological polar surface area (TPSA) is 62.0 Å². The van der Waals surface area contributed by atoms with E-state index in [0.717, 1.165) is 42.0 Å². The van der Waals surface area contributed by atoms with Crippen molar-refractivity contribution in [3.05, 3.63) is 77.7 Å². The van der Waals surface area contributed by atoms with Crippen LogP contribution >= 0.6 is 11.8 Å². The summed E-state index contributed by atoms with van der Waals surface area (Å²) < 4.78 is 5.44. The van der Waals surface area contributed by atoms with Gasteiger partial charge in [-0.05, 0) is 48.0 Å². The van der Waals surface area contributed by atoms with Crippen LogP contribution in [0.1, 0.15) is 17.0 Å². The van der Waals surface area contributed by atoms with Gasteiger partial charge in [0.2, 0.25) is 0 Å². The van der Waals surface area contributed by atoms with Gasteiger partial charge < -0.3 is 9.64 Å². The lowest BCUT2D eigenvalue weighted by Gasteiger charge is -2.29. The number of hydrogen-bond acceptors (Lipinski definition) is 6. The highest BCUT2D eigenvalue weighted by Crippen LogP contribution is 2.26. The highest BCUT2D eigenvalue weighted by Gasteiger charge is 2.12. The Morgan fingerprint density at radius 3 is 2.68 bits per heavy atom. The van der Waals surface area contributed by atoms with Gasteiger partial charge in [0.05, 0.1) is 24.8 Å². The second kappa shape index (κ2) is 8.87. The van der Waals surface area contributed by atoms with Crippen molar-refractivity contribution in [2.45, 2.75) is 16.3 Å². The first-order chi connectivity index (χ1) is 13.8. The predicted molar refractivity (Wildman–Crippen MR) is 110 cm³/mol. The Bertz CT molecular complexity index is 978. The maximum absolute atomic E-state index is 8.91. The minimum Gasteiger partial charge on any atom is -0.378 e. The third-order valence-electron chi connectivity index (χ3n) is 4.53. The van der Waals surface area contributed by atoms with Gasteiger partial charge >= 0.3 is 0 Å². The standard InChI is InChI=1S/C22H20N4OS/c23-16-17-4-6-20(7-5-17)28-22-8-9-24-21(25-22)15-18-2-1-3-19(14-18)26-10-12-27-13-11-26/h1-9,14H,10-13,15H2. The second-order valence-electron chi connectivity index (χ2n) is 6.50. The molecule has 1 aromatic heterocycles. The van der Waals surface area contributed by atoms with Gasteiger partial charge in [-0.3, -0.25) is 0 Å². The Morgan fingerprint density at radius 2 is 1.89 bits per heavy atom. The van der Waals surface area contributed by atoms with Crippen LogP contribution in [-0.2, 0) is 11.2 Å². The zero-order valence-corrected chi connectivity index (χ0v) is 16.2. The molecule has 1 aliphatic rings. The highest BCUT2D eigenvalue weighted by molar-refractivity contribution is 7.99. The number of hydrogen-bond donors (Lipinski definition) is 0. The summed E-state index contributed by atoms with van der Waals surface area (Å²) in [6, 6.07) is 20.1. The summed E-state index contributed by atoms with van der Waals surface area (Å²) >= 11 is 1.57. The van der Waals surface area contributed by atoms with Gasteiger partial charge in [0.25, 0.3) is 0 Å². The largest absolute Gasteiger partial charge is 0.378 e. The van der Waals surface area contributed by atoms with Crippen LogP contribution in [0.3, 0.4) is 0 Å². The van der Waals surface area contributed by atoms with Gasteiger partial charge in [0.15, 0.2) is 0 Å². The maximum Gasteiger partial charge on any atom is 0.133 e. The lowest BCUT2D eigenvalue weighted by Crippen LogP contribution is -2.36. The van der Waals surface area contributed by atoms with Crippen LogP contribution < -0.4 is 4.90 Å². The van der Waals surface area contributed by atoms with Gasteiger partial charge in [-0.15, -0.1) is 0 Å². The number of benzene rings is 2.